The zero-order chi connectivity index (χ0) is 19.9. The summed E-state index contributed by atoms with van der Waals surface area (Å²) in [6.45, 7) is 2.22. The van der Waals surface area contributed by atoms with E-state index in [1.807, 2.05) is 25.1 Å². The van der Waals surface area contributed by atoms with Gasteiger partial charge in [-0.05, 0) is 41.8 Å². The van der Waals surface area contributed by atoms with Crippen molar-refractivity contribution in [2.24, 2.45) is 0 Å². The second kappa shape index (κ2) is 6.56. The molecule has 0 aliphatic carbocycles. The molecule has 0 aromatic heterocycles. The Morgan fingerprint density at radius 1 is 1.00 bits per heavy atom. The van der Waals surface area contributed by atoms with E-state index in [4.69, 9.17) is 0 Å². The lowest BCUT2D eigenvalue weighted by molar-refractivity contribution is -0.384. The van der Waals surface area contributed by atoms with E-state index in [-0.39, 0.29) is 24.0 Å². The first kappa shape index (κ1) is 17.9. The van der Waals surface area contributed by atoms with E-state index in [1.54, 1.807) is 35.2 Å². The fraction of sp³-hybridized carbons (Fsp3) is 0.136. The highest BCUT2D eigenvalue weighted by Crippen LogP contribution is 2.44. The van der Waals surface area contributed by atoms with Gasteiger partial charge in [0.15, 0.2) is 0 Å². The number of carbonyl (C=O) groups excluding carboxylic acids is 1. The maximum atomic E-state index is 13.5. The summed E-state index contributed by atoms with van der Waals surface area (Å²) in [6, 6.07) is 19.7. The van der Waals surface area contributed by atoms with Crippen molar-refractivity contribution >= 4 is 11.6 Å². The summed E-state index contributed by atoms with van der Waals surface area (Å²) >= 11 is 0. The van der Waals surface area contributed by atoms with Gasteiger partial charge in [-0.3, -0.25) is 14.9 Å². The molecule has 1 unspecified atom stereocenters. The van der Waals surface area contributed by atoms with Crippen LogP contribution >= 0.6 is 0 Å². The van der Waals surface area contributed by atoms with Crippen LogP contribution in [0.3, 0.4) is 0 Å². The Morgan fingerprint density at radius 3 is 2.29 bits per heavy atom. The molecule has 5 nitrogen and oxygen atoms in total. The number of halogens is 1. The molecule has 3 aromatic carbocycles. The van der Waals surface area contributed by atoms with Crippen molar-refractivity contribution in [3.05, 3.63) is 111 Å². The van der Waals surface area contributed by atoms with Gasteiger partial charge in [0, 0.05) is 24.2 Å². The molecule has 1 heterocycles. The lowest BCUT2D eigenvalue weighted by Gasteiger charge is -2.37. The number of amides is 1. The minimum Gasteiger partial charge on any atom is -0.321 e. The van der Waals surface area contributed by atoms with Crippen LogP contribution in [0.1, 0.15) is 34.0 Å². The number of benzene rings is 3. The molecule has 0 spiro atoms. The summed E-state index contributed by atoms with van der Waals surface area (Å²) in [4.78, 5) is 25.3. The molecule has 0 N–H and O–H groups in total. The summed E-state index contributed by atoms with van der Waals surface area (Å²) in [5.41, 5.74) is 2.27. The molecule has 1 aliphatic heterocycles. The largest absolute Gasteiger partial charge is 0.321 e. The first-order valence-corrected chi connectivity index (χ1v) is 8.82. The van der Waals surface area contributed by atoms with Crippen LogP contribution in [-0.4, -0.2) is 15.7 Å². The van der Waals surface area contributed by atoms with E-state index >= 15 is 0 Å². The number of carbonyl (C=O) groups is 1. The summed E-state index contributed by atoms with van der Waals surface area (Å²) in [5.74, 6) is -0.465. The van der Waals surface area contributed by atoms with Crippen LogP contribution < -0.4 is 0 Å². The number of rotatable bonds is 4. The first-order valence-electron chi connectivity index (χ1n) is 8.82. The van der Waals surface area contributed by atoms with Crippen molar-refractivity contribution in [3.63, 3.8) is 0 Å². The third-order valence-corrected chi connectivity index (χ3v) is 5.36. The predicted octanol–water partition coefficient (Wildman–Crippen LogP) is 4.65. The third kappa shape index (κ3) is 2.74. The topological polar surface area (TPSA) is 63.5 Å². The van der Waals surface area contributed by atoms with Crippen LogP contribution in [0, 0.1) is 15.9 Å². The second-order valence-corrected chi connectivity index (χ2v) is 6.94. The lowest BCUT2D eigenvalue weighted by Crippen LogP contribution is -2.41. The summed E-state index contributed by atoms with van der Waals surface area (Å²) in [6.07, 6.45) is 0. The van der Waals surface area contributed by atoms with Crippen LogP contribution in [0.4, 0.5) is 10.1 Å². The normalized spacial score (nSPS) is 18.2. The quantitative estimate of drug-likeness (QED) is 0.492. The molecule has 1 aliphatic rings. The molecule has 6 heteroatoms. The van der Waals surface area contributed by atoms with Gasteiger partial charge in [0.05, 0.1) is 10.5 Å². The molecular weight excluding hydrogens is 359 g/mol. The van der Waals surface area contributed by atoms with Crippen LogP contribution in [0.25, 0.3) is 0 Å². The van der Waals surface area contributed by atoms with Crippen molar-refractivity contribution in [1.82, 2.24) is 4.90 Å². The summed E-state index contributed by atoms with van der Waals surface area (Å²) < 4.78 is 13.5. The number of nitro benzene ring substituents is 1. The smallest absolute Gasteiger partial charge is 0.269 e. The maximum absolute atomic E-state index is 13.5. The Morgan fingerprint density at radius 2 is 1.64 bits per heavy atom. The molecule has 4 rings (SSSR count). The number of hydrogen-bond donors (Lipinski definition) is 0. The van der Waals surface area contributed by atoms with Gasteiger partial charge in [0.2, 0.25) is 0 Å². The molecule has 28 heavy (non-hydrogen) atoms. The third-order valence-electron chi connectivity index (χ3n) is 5.36. The van der Waals surface area contributed by atoms with Crippen LogP contribution in [0.15, 0.2) is 72.8 Å². The molecule has 0 saturated heterocycles. The standard InChI is InChI=1S/C22H17FN2O3/c1-22(16-8-10-17(23)11-9-16)20-5-3-2-4-19(20)21(26)24(22)14-15-6-12-18(13-7-15)25(27)28/h2-13H,14H2,1H3. The van der Waals surface area contributed by atoms with Gasteiger partial charge in [-0.15, -0.1) is 0 Å². The van der Waals surface area contributed by atoms with Crippen molar-refractivity contribution in [2.75, 3.05) is 0 Å². The van der Waals surface area contributed by atoms with Gasteiger partial charge in [-0.1, -0.05) is 42.5 Å². The number of hydrogen-bond acceptors (Lipinski definition) is 3. The first-order chi connectivity index (χ1) is 13.4. The Labute approximate surface area is 161 Å². The van der Waals surface area contributed by atoms with Crippen LogP contribution in [0.2, 0.25) is 0 Å². The lowest BCUT2D eigenvalue weighted by atomic mass is 9.84. The second-order valence-electron chi connectivity index (χ2n) is 6.94. The van der Waals surface area contributed by atoms with E-state index in [2.05, 4.69) is 0 Å². The van der Waals surface area contributed by atoms with Gasteiger partial charge in [0.25, 0.3) is 11.6 Å². The monoisotopic (exact) mass is 376 g/mol. The highest BCUT2D eigenvalue weighted by Gasteiger charge is 2.47. The highest BCUT2D eigenvalue weighted by molar-refractivity contribution is 6.00. The molecule has 0 saturated carbocycles. The van der Waals surface area contributed by atoms with Crippen molar-refractivity contribution in [2.45, 2.75) is 19.0 Å². The Bertz CT molecular complexity index is 1060. The summed E-state index contributed by atoms with van der Waals surface area (Å²) in [7, 11) is 0. The average Bonchev–Trinajstić information content (AvgIpc) is 2.92. The minimum absolute atomic E-state index is 0.00100. The van der Waals surface area contributed by atoms with E-state index in [9.17, 15) is 19.3 Å². The maximum Gasteiger partial charge on any atom is 0.269 e. The summed E-state index contributed by atoms with van der Waals surface area (Å²) in [5, 5.41) is 10.9. The fourth-order valence-corrected chi connectivity index (χ4v) is 3.81. The molecule has 0 bridgehead atoms. The zero-order valence-corrected chi connectivity index (χ0v) is 15.1. The van der Waals surface area contributed by atoms with Gasteiger partial charge >= 0.3 is 0 Å². The minimum atomic E-state index is -0.775. The molecule has 140 valence electrons. The molecular formula is C22H17FN2O3. The predicted molar refractivity (Wildman–Crippen MR) is 102 cm³/mol. The van der Waals surface area contributed by atoms with E-state index in [0.717, 1.165) is 16.7 Å². The number of nitro groups is 1. The Balaban J connectivity index is 1.79. The van der Waals surface area contributed by atoms with Crippen molar-refractivity contribution < 1.29 is 14.1 Å². The van der Waals surface area contributed by atoms with E-state index < -0.39 is 10.5 Å². The molecule has 0 fully saturated rings. The van der Waals surface area contributed by atoms with Gasteiger partial charge < -0.3 is 4.90 Å². The fourth-order valence-electron chi connectivity index (χ4n) is 3.81. The number of fused-ring (bicyclic) bond motifs is 1. The SMILES string of the molecule is CC1(c2ccc(F)cc2)c2ccccc2C(=O)N1Cc1ccc([N+](=O)[O-])cc1. The number of non-ortho nitro benzene ring substituents is 1. The molecule has 3 aromatic rings. The molecule has 1 atom stereocenters. The zero-order valence-electron chi connectivity index (χ0n) is 15.1. The Kier molecular flexibility index (Phi) is 4.19. The van der Waals surface area contributed by atoms with E-state index in [1.165, 1.54) is 24.3 Å². The van der Waals surface area contributed by atoms with Crippen molar-refractivity contribution in [3.8, 4) is 0 Å². The van der Waals surface area contributed by atoms with Gasteiger partial charge in [-0.25, -0.2) is 4.39 Å². The molecule has 0 radical (unpaired) electrons. The van der Waals surface area contributed by atoms with Crippen molar-refractivity contribution in [1.29, 1.82) is 0 Å². The van der Waals surface area contributed by atoms with E-state index in [0.29, 0.717) is 5.56 Å². The molecule has 1 amide bonds. The van der Waals surface area contributed by atoms with Gasteiger partial charge in [0.1, 0.15) is 5.82 Å². The van der Waals surface area contributed by atoms with Crippen LogP contribution in [-0.2, 0) is 12.1 Å². The van der Waals surface area contributed by atoms with Crippen LogP contribution in [0.5, 0.6) is 0 Å². The Hall–Kier alpha value is -3.54. The van der Waals surface area contributed by atoms with Gasteiger partial charge in [-0.2, -0.15) is 0 Å². The number of nitrogens with zero attached hydrogens (tertiary/aromatic N) is 2. The average molecular weight is 376 g/mol. The highest BCUT2D eigenvalue weighted by atomic mass is 19.1.